The average Bonchev–Trinajstić information content (AvgIpc) is 2.11. The molecular formula is C9H7F3O2. The van der Waals surface area contributed by atoms with Crippen molar-refractivity contribution >= 4 is 5.97 Å². The fraction of sp³-hybridized carbons (Fsp3) is 0.222. The molecule has 0 aliphatic rings. The van der Waals surface area contributed by atoms with Gasteiger partial charge < -0.3 is 5.11 Å². The van der Waals surface area contributed by atoms with Crippen molar-refractivity contribution < 1.29 is 23.1 Å². The summed E-state index contributed by atoms with van der Waals surface area (Å²) in [7, 11) is 0. The van der Waals surface area contributed by atoms with Gasteiger partial charge in [-0.2, -0.15) is 0 Å². The second kappa shape index (κ2) is 3.32. The van der Waals surface area contributed by atoms with Crippen LogP contribution in [0.3, 0.4) is 0 Å². The Morgan fingerprint density at radius 2 is 1.43 bits per heavy atom. The molecule has 0 bridgehead atoms. The van der Waals surface area contributed by atoms with Crippen LogP contribution in [0.15, 0.2) is 0 Å². The monoisotopic (exact) mass is 204 g/mol. The van der Waals surface area contributed by atoms with E-state index in [9.17, 15) is 18.0 Å². The molecule has 0 amide bonds. The quantitative estimate of drug-likeness (QED) is 0.713. The van der Waals surface area contributed by atoms with Crippen LogP contribution in [0.1, 0.15) is 21.5 Å². The second-order valence-corrected chi connectivity index (χ2v) is 2.87. The van der Waals surface area contributed by atoms with Gasteiger partial charge in [-0.25, -0.2) is 18.0 Å². The Bertz CT molecular complexity index is 384. The molecule has 1 aromatic carbocycles. The predicted octanol–water partition coefficient (Wildman–Crippen LogP) is 2.42. The van der Waals surface area contributed by atoms with Gasteiger partial charge in [-0.1, -0.05) is 0 Å². The largest absolute Gasteiger partial charge is 0.478 e. The van der Waals surface area contributed by atoms with Gasteiger partial charge in [0.25, 0.3) is 0 Å². The summed E-state index contributed by atoms with van der Waals surface area (Å²) in [5, 5.41) is 8.56. The number of hydrogen-bond acceptors (Lipinski definition) is 1. The van der Waals surface area contributed by atoms with Gasteiger partial charge in [0, 0.05) is 11.1 Å². The molecule has 0 fully saturated rings. The summed E-state index contributed by atoms with van der Waals surface area (Å²) in [5.74, 6) is -5.50. The third-order valence-electron chi connectivity index (χ3n) is 1.99. The molecule has 0 radical (unpaired) electrons. The van der Waals surface area contributed by atoms with Gasteiger partial charge in [-0.15, -0.1) is 0 Å². The number of carboxylic acid groups (broad SMARTS) is 1. The Balaban J connectivity index is 3.68. The standard InChI is InChI=1S/C9H7F3O2/c1-3-5(9(13)14)6(10)4(2)8(12)7(3)11/h1-2H3,(H,13,14). The fourth-order valence-electron chi connectivity index (χ4n) is 1.14. The summed E-state index contributed by atoms with van der Waals surface area (Å²) in [6.07, 6.45) is 0. The van der Waals surface area contributed by atoms with E-state index in [1.165, 1.54) is 0 Å². The molecule has 0 atom stereocenters. The van der Waals surface area contributed by atoms with Crippen LogP contribution in [0.5, 0.6) is 0 Å². The highest BCUT2D eigenvalue weighted by molar-refractivity contribution is 5.90. The molecule has 0 spiro atoms. The summed E-state index contributed by atoms with van der Waals surface area (Å²) in [6, 6.07) is 0. The lowest BCUT2D eigenvalue weighted by Crippen LogP contribution is -2.10. The molecule has 0 unspecified atom stereocenters. The van der Waals surface area contributed by atoms with E-state index < -0.39 is 40.1 Å². The smallest absolute Gasteiger partial charge is 0.339 e. The number of carbonyl (C=O) groups is 1. The summed E-state index contributed by atoms with van der Waals surface area (Å²) in [4.78, 5) is 10.5. The van der Waals surface area contributed by atoms with Gasteiger partial charge in [-0.05, 0) is 13.8 Å². The first-order valence-electron chi connectivity index (χ1n) is 3.74. The third-order valence-corrected chi connectivity index (χ3v) is 1.99. The molecule has 5 heteroatoms. The lowest BCUT2D eigenvalue weighted by molar-refractivity contribution is 0.0690. The minimum atomic E-state index is -1.61. The molecule has 2 nitrogen and oxygen atoms in total. The zero-order valence-corrected chi connectivity index (χ0v) is 7.49. The Kier molecular flexibility index (Phi) is 2.51. The molecule has 0 heterocycles. The van der Waals surface area contributed by atoms with Gasteiger partial charge in [0.2, 0.25) is 0 Å². The maximum absolute atomic E-state index is 13.2. The predicted molar refractivity (Wildman–Crippen MR) is 42.7 cm³/mol. The van der Waals surface area contributed by atoms with Crippen LogP contribution in [0.25, 0.3) is 0 Å². The van der Waals surface area contributed by atoms with Crippen molar-refractivity contribution in [2.75, 3.05) is 0 Å². The van der Waals surface area contributed by atoms with E-state index in [0.717, 1.165) is 13.8 Å². The Morgan fingerprint density at radius 3 is 1.86 bits per heavy atom. The van der Waals surface area contributed by atoms with Crippen molar-refractivity contribution in [2.45, 2.75) is 13.8 Å². The van der Waals surface area contributed by atoms with E-state index in [-0.39, 0.29) is 0 Å². The number of benzene rings is 1. The molecule has 0 saturated carbocycles. The van der Waals surface area contributed by atoms with E-state index in [0.29, 0.717) is 0 Å². The van der Waals surface area contributed by atoms with Crippen LogP contribution in [0.4, 0.5) is 13.2 Å². The Hall–Kier alpha value is -1.52. The van der Waals surface area contributed by atoms with Crippen LogP contribution in [0, 0.1) is 31.3 Å². The van der Waals surface area contributed by atoms with E-state index in [1.807, 2.05) is 0 Å². The van der Waals surface area contributed by atoms with Crippen LogP contribution in [-0.4, -0.2) is 11.1 Å². The minimum absolute atomic E-state index is 0.530. The van der Waals surface area contributed by atoms with Gasteiger partial charge in [0.05, 0.1) is 0 Å². The lowest BCUT2D eigenvalue weighted by atomic mass is 10.0. The molecule has 1 rings (SSSR count). The van der Waals surface area contributed by atoms with Crippen LogP contribution >= 0.6 is 0 Å². The number of halogens is 3. The van der Waals surface area contributed by atoms with Crippen molar-refractivity contribution in [3.63, 3.8) is 0 Å². The molecule has 0 aromatic heterocycles. The van der Waals surface area contributed by atoms with Crippen LogP contribution in [0.2, 0.25) is 0 Å². The molecular weight excluding hydrogens is 197 g/mol. The highest BCUT2D eigenvalue weighted by Gasteiger charge is 2.23. The SMILES string of the molecule is Cc1c(F)c(F)c(C)c(C(=O)O)c1F. The van der Waals surface area contributed by atoms with Crippen LogP contribution < -0.4 is 0 Å². The molecule has 1 aromatic rings. The summed E-state index contributed by atoms with van der Waals surface area (Å²) >= 11 is 0. The highest BCUT2D eigenvalue weighted by atomic mass is 19.2. The van der Waals surface area contributed by atoms with Gasteiger partial charge >= 0.3 is 5.97 Å². The molecule has 0 saturated heterocycles. The Morgan fingerprint density at radius 1 is 1.00 bits per heavy atom. The van der Waals surface area contributed by atoms with E-state index in [2.05, 4.69) is 0 Å². The first-order chi connectivity index (χ1) is 6.37. The number of rotatable bonds is 1. The average molecular weight is 204 g/mol. The van der Waals surface area contributed by atoms with E-state index in [4.69, 9.17) is 5.11 Å². The maximum Gasteiger partial charge on any atom is 0.339 e. The van der Waals surface area contributed by atoms with E-state index in [1.54, 1.807) is 0 Å². The van der Waals surface area contributed by atoms with Crippen molar-refractivity contribution in [1.82, 2.24) is 0 Å². The van der Waals surface area contributed by atoms with Crippen LogP contribution in [-0.2, 0) is 0 Å². The van der Waals surface area contributed by atoms with Crippen molar-refractivity contribution in [1.29, 1.82) is 0 Å². The lowest BCUT2D eigenvalue weighted by Gasteiger charge is -2.08. The van der Waals surface area contributed by atoms with Crippen molar-refractivity contribution in [2.24, 2.45) is 0 Å². The van der Waals surface area contributed by atoms with Gasteiger partial charge in [-0.3, -0.25) is 0 Å². The maximum atomic E-state index is 13.2. The molecule has 0 aliphatic carbocycles. The molecule has 1 N–H and O–H groups in total. The summed E-state index contributed by atoms with van der Waals surface area (Å²) in [5.41, 5.74) is -1.97. The van der Waals surface area contributed by atoms with Crippen molar-refractivity contribution in [3.8, 4) is 0 Å². The summed E-state index contributed by atoms with van der Waals surface area (Å²) < 4.78 is 39.0. The van der Waals surface area contributed by atoms with Gasteiger partial charge in [0.1, 0.15) is 11.4 Å². The number of carboxylic acids is 1. The zero-order valence-electron chi connectivity index (χ0n) is 7.49. The first kappa shape index (κ1) is 10.6. The zero-order chi connectivity index (χ0) is 11.0. The fourth-order valence-corrected chi connectivity index (χ4v) is 1.14. The topological polar surface area (TPSA) is 37.3 Å². The number of hydrogen-bond donors (Lipinski definition) is 1. The summed E-state index contributed by atoms with van der Waals surface area (Å²) in [6.45, 7) is 2.00. The minimum Gasteiger partial charge on any atom is -0.478 e. The molecule has 76 valence electrons. The molecule has 0 aliphatic heterocycles. The molecule has 14 heavy (non-hydrogen) atoms. The first-order valence-corrected chi connectivity index (χ1v) is 3.74. The Labute approximate surface area is 78.0 Å². The third kappa shape index (κ3) is 1.34. The second-order valence-electron chi connectivity index (χ2n) is 2.87. The highest BCUT2D eigenvalue weighted by Crippen LogP contribution is 2.23. The van der Waals surface area contributed by atoms with Gasteiger partial charge in [0.15, 0.2) is 11.6 Å². The normalized spacial score (nSPS) is 10.4. The van der Waals surface area contributed by atoms with Crippen molar-refractivity contribution in [3.05, 3.63) is 34.1 Å². The van der Waals surface area contributed by atoms with E-state index >= 15 is 0 Å². The number of aromatic carboxylic acids is 1.